The summed E-state index contributed by atoms with van der Waals surface area (Å²) in [6, 6.07) is 0. The highest BCUT2D eigenvalue weighted by Crippen LogP contribution is 2.18. The fourth-order valence-electron chi connectivity index (χ4n) is 1.11. The Labute approximate surface area is 94.7 Å². The first-order valence-corrected chi connectivity index (χ1v) is 6.09. The summed E-state index contributed by atoms with van der Waals surface area (Å²) in [5, 5.41) is 1.79. The Morgan fingerprint density at radius 3 is 2.64 bits per heavy atom. The van der Waals surface area contributed by atoms with Gasteiger partial charge in [0.1, 0.15) is 0 Å². The topological polar surface area (TPSA) is 16.8 Å². The van der Waals surface area contributed by atoms with Gasteiger partial charge in [0, 0.05) is 12.7 Å². The maximum atomic E-state index is 6.18. The fraction of sp³-hybridized carbons (Fsp3) is 0.600. The van der Waals surface area contributed by atoms with Crippen molar-refractivity contribution in [1.29, 1.82) is 0 Å². The molecule has 0 aliphatic heterocycles. The second kappa shape index (κ2) is 4.99. The lowest BCUT2D eigenvalue weighted by atomic mass is 10.3. The van der Waals surface area contributed by atoms with E-state index in [1.165, 1.54) is 0 Å². The molecule has 0 radical (unpaired) electrons. The summed E-state index contributed by atoms with van der Waals surface area (Å²) >= 11 is 7.93. The number of aromatic nitrogens is 2. The molecule has 0 aliphatic carbocycles. The van der Waals surface area contributed by atoms with Gasteiger partial charge in [-0.15, -0.1) is 0 Å². The zero-order valence-electron chi connectivity index (χ0n) is 9.09. The van der Waals surface area contributed by atoms with E-state index in [1.54, 1.807) is 11.8 Å². The Morgan fingerprint density at radius 2 is 2.07 bits per heavy atom. The zero-order chi connectivity index (χ0) is 10.7. The lowest BCUT2D eigenvalue weighted by Crippen LogP contribution is -2.35. The average Bonchev–Trinajstić information content (AvgIpc) is 2.18. The lowest BCUT2D eigenvalue weighted by molar-refractivity contribution is -0.711. The zero-order valence-corrected chi connectivity index (χ0v) is 10.7. The van der Waals surface area contributed by atoms with Crippen LogP contribution in [0.15, 0.2) is 5.16 Å². The van der Waals surface area contributed by atoms with Gasteiger partial charge in [-0.3, -0.25) is 0 Å². The molecule has 1 heterocycles. The van der Waals surface area contributed by atoms with Gasteiger partial charge in [-0.2, -0.15) is 0 Å². The molecule has 0 saturated carbocycles. The van der Waals surface area contributed by atoms with E-state index in [9.17, 15) is 0 Å². The fourth-order valence-corrected chi connectivity index (χ4v) is 2.25. The minimum atomic E-state index is 0.788. The van der Waals surface area contributed by atoms with Crippen LogP contribution in [0.3, 0.4) is 0 Å². The van der Waals surface area contributed by atoms with Gasteiger partial charge in [0.25, 0.3) is 0 Å². The van der Waals surface area contributed by atoms with Gasteiger partial charge in [0.2, 0.25) is 5.15 Å². The van der Waals surface area contributed by atoms with Crippen molar-refractivity contribution in [2.24, 2.45) is 7.05 Å². The summed E-state index contributed by atoms with van der Waals surface area (Å²) in [5.74, 6) is 1.08. The minimum absolute atomic E-state index is 0.788. The van der Waals surface area contributed by atoms with E-state index in [1.807, 2.05) is 25.5 Å². The van der Waals surface area contributed by atoms with Crippen molar-refractivity contribution in [2.75, 3.05) is 5.75 Å². The first-order chi connectivity index (χ1) is 6.57. The predicted molar refractivity (Wildman–Crippen MR) is 60.9 cm³/mol. The van der Waals surface area contributed by atoms with Crippen molar-refractivity contribution in [1.82, 2.24) is 4.98 Å². The Hall–Kier alpha value is -0.280. The van der Waals surface area contributed by atoms with Crippen molar-refractivity contribution < 1.29 is 4.57 Å². The van der Waals surface area contributed by atoms with Crippen LogP contribution in [-0.4, -0.2) is 10.7 Å². The Balaban J connectivity index is 3.06. The van der Waals surface area contributed by atoms with Gasteiger partial charge in [-0.05, 0) is 41.7 Å². The molecule has 0 aliphatic rings. The molecule has 0 saturated heterocycles. The van der Waals surface area contributed by atoms with Crippen LogP contribution >= 0.6 is 23.4 Å². The van der Waals surface area contributed by atoms with Gasteiger partial charge in [0.15, 0.2) is 5.69 Å². The summed E-state index contributed by atoms with van der Waals surface area (Å²) in [5.41, 5.74) is 2.08. The van der Waals surface area contributed by atoms with Gasteiger partial charge in [0.05, 0.1) is 12.6 Å². The summed E-state index contributed by atoms with van der Waals surface area (Å²) in [6.45, 7) is 6.16. The van der Waals surface area contributed by atoms with Crippen LogP contribution in [0.25, 0.3) is 0 Å². The van der Waals surface area contributed by atoms with Gasteiger partial charge < -0.3 is 0 Å². The van der Waals surface area contributed by atoms with E-state index in [0.717, 1.165) is 33.7 Å². The highest BCUT2D eigenvalue weighted by Gasteiger charge is 2.18. The first kappa shape index (κ1) is 11.8. The number of hydrogen-bond acceptors (Lipinski definition) is 2. The molecule has 0 N–H and O–H groups in total. The summed E-state index contributed by atoms with van der Waals surface area (Å²) < 4.78 is 1.95. The summed E-state index contributed by atoms with van der Waals surface area (Å²) in [6.07, 6.45) is 1.15. The van der Waals surface area contributed by atoms with Crippen LogP contribution in [0.4, 0.5) is 0 Å². The second-order valence-corrected chi connectivity index (χ2v) is 4.72. The standard InChI is InChI=1S/C10H16ClN2S/c1-5-6-14-10-12-8(3)7(2)9(11)13(10)4/h5-6H2,1-4H3/q+1. The van der Waals surface area contributed by atoms with E-state index in [-0.39, 0.29) is 0 Å². The van der Waals surface area contributed by atoms with Crippen LogP contribution < -0.4 is 4.57 Å². The quantitative estimate of drug-likeness (QED) is 0.344. The van der Waals surface area contributed by atoms with E-state index in [0.29, 0.717) is 0 Å². The van der Waals surface area contributed by atoms with E-state index >= 15 is 0 Å². The lowest BCUT2D eigenvalue weighted by Gasteiger charge is -2.03. The number of nitrogens with zero attached hydrogens (tertiary/aromatic N) is 2. The van der Waals surface area contributed by atoms with Crippen molar-refractivity contribution >= 4 is 23.4 Å². The second-order valence-electron chi connectivity index (χ2n) is 3.30. The molecule has 1 aromatic heterocycles. The summed E-state index contributed by atoms with van der Waals surface area (Å²) in [7, 11) is 1.96. The molecule has 0 unspecified atom stereocenters. The van der Waals surface area contributed by atoms with Crippen molar-refractivity contribution in [3.05, 3.63) is 16.4 Å². The Kier molecular flexibility index (Phi) is 4.20. The Morgan fingerprint density at radius 1 is 1.43 bits per heavy atom. The van der Waals surface area contributed by atoms with Crippen molar-refractivity contribution in [3.8, 4) is 0 Å². The molecule has 2 nitrogen and oxygen atoms in total. The SMILES string of the molecule is CCCSc1nc(C)c(C)c(Cl)[n+]1C. The number of aryl methyl sites for hydroxylation is 1. The number of hydrogen-bond donors (Lipinski definition) is 0. The molecule has 78 valence electrons. The van der Waals surface area contributed by atoms with E-state index in [2.05, 4.69) is 11.9 Å². The largest absolute Gasteiger partial charge is 0.360 e. The molecule has 4 heteroatoms. The van der Waals surface area contributed by atoms with Gasteiger partial charge in [-0.25, -0.2) is 4.57 Å². The van der Waals surface area contributed by atoms with Crippen LogP contribution in [0.5, 0.6) is 0 Å². The van der Waals surface area contributed by atoms with Crippen LogP contribution in [0.1, 0.15) is 24.6 Å². The molecule has 0 bridgehead atoms. The molecule has 1 rings (SSSR count). The van der Waals surface area contributed by atoms with Crippen molar-refractivity contribution in [2.45, 2.75) is 32.3 Å². The third-order valence-corrected chi connectivity index (χ3v) is 3.90. The number of halogens is 1. The van der Waals surface area contributed by atoms with Crippen LogP contribution in [-0.2, 0) is 7.05 Å². The number of thioether (sulfide) groups is 1. The monoisotopic (exact) mass is 231 g/mol. The predicted octanol–water partition coefficient (Wildman–Crippen LogP) is 2.68. The van der Waals surface area contributed by atoms with Crippen LogP contribution in [0.2, 0.25) is 5.15 Å². The normalized spacial score (nSPS) is 10.6. The molecule has 0 aromatic carbocycles. The molecule has 14 heavy (non-hydrogen) atoms. The minimum Gasteiger partial charge on any atom is -0.210 e. The highest BCUT2D eigenvalue weighted by atomic mass is 35.5. The third kappa shape index (κ3) is 2.39. The smallest absolute Gasteiger partial charge is 0.210 e. The maximum absolute atomic E-state index is 6.18. The van der Waals surface area contributed by atoms with Gasteiger partial charge >= 0.3 is 5.16 Å². The third-order valence-electron chi connectivity index (χ3n) is 2.13. The highest BCUT2D eigenvalue weighted by molar-refractivity contribution is 7.99. The summed E-state index contributed by atoms with van der Waals surface area (Å²) in [4.78, 5) is 4.51. The maximum Gasteiger partial charge on any atom is 0.360 e. The number of rotatable bonds is 3. The molecule has 0 atom stereocenters. The van der Waals surface area contributed by atoms with Crippen LogP contribution in [0, 0.1) is 13.8 Å². The van der Waals surface area contributed by atoms with E-state index in [4.69, 9.17) is 11.6 Å². The molecular weight excluding hydrogens is 216 g/mol. The van der Waals surface area contributed by atoms with Crippen molar-refractivity contribution in [3.63, 3.8) is 0 Å². The molecular formula is C10H16ClN2S+. The van der Waals surface area contributed by atoms with Gasteiger partial charge in [-0.1, -0.05) is 6.92 Å². The first-order valence-electron chi connectivity index (χ1n) is 4.73. The molecule has 0 spiro atoms. The molecule has 0 amide bonds. The average molecular weight is 232 g/mol. The molecule has 1 aromatic rings. The Bertz CT molecular complexity index is 339. The molecule has 0 fully saturated rings. The van der Waals surface area contributed by atoms with E-state index < -0.39 is 0 Å².